The zero-order chi connectivity index (χ0) is 12.3. The van der Waals surface area contributed by atoms with E-state index in [4.69, 9.17) is 9.84 Å². The van der Waals surface area contributed by atoms with Gasteiger partial charge in [0.05, 0.1) is 18.1 Å². The summed E-state index contributed by atoms with van der Waals surface area (Å²) in [5.74, 6) is -0.590. The van der Waals surface area contributed by atoms with Gasteiger partial charge in [-0.1, -0.05) is 22.0 Å². The third kappa shape index (κ3) is 3.07. The van der Waals surface area contributed by atoms with E-state index >= 15 is 0 Å². The fourth-order valence-corrected chi connectivity index (χ4v) is 1.67. The molecular formula is C11H9BrN2O3. The predicted octanol–water partition coefficient (Wildman–Crippen LogP) is 2.10. The van der Waals surface area contributed by atoms with E-state index in [-0.39, 0.29) is 6.61 Å². The van der Waals surface area contributed by atoms with Crippen molar-refractivity contribution in [3.63, 3.8) is 0 Å². The summed E-state index contributed by atoms with van der Waals surface area (Å²) in [6, 6.07) is 7.58. The number of aromatic nitrogens is 2. The smallest absolute Gasteiger partial charge is 0.341 e. The van der Waals surface area contributed by atoms with E-state index < -0.39 is 5.97 Å². The highest BCUT2D eigenvalue weighted by Gasteiger charge is 2.04. The molecule has 1 N–H and O–H groups in total. The predicted molar refractivity (Wildman–Crippen MR) is 64.4 cm³/mol. The van der Waals surface area contributed by atoms with Crippen molar-refractivity contribution < 1.29 is 14.6 Å². The summed E-state index contributed by atoms with van der Waals surface area (Å²) in [4.78, 5) is 10.3. The van der Waals surface area contributed by atoms with Gasteiger partial charge in [-0.3, -0.25) is 0 Å². The summed E-state index contributed by atoms with van der Waals surface area (Å²) in [6.07, 6.45) is 3.11. The summed E-state index contributed by atoms with van der Waals surface area (Å²) >= 11 is 3.37. The number of carboxylic acid groups (broad SMARTS) is 1. The van der Waals surface area contributed by atoms with Gasteiger partial charge in [0.1, 0.15) is 0 Å². The fourth-order valence-electron chi connectivity index (χ4n) is 1.29. The van der Waals surface area contributed by atoms with Crippen LogP contribution in [-0.2, 0) is 4.79 Å². The Morgan fingerprint density at radius 1 is 1.53 bits per heavy atom. The zero-order valence-electron chi connectivity index (χ0n) is 8.71. The van der Waals surface area contributed by atoms with Gasteiger partial charge in [-0.2, -0.15) is 5.10 Å². The summed E-state index contributed by atoms with van der Waals surface area (Å²) in [6.45, 7) is -0.371. The van der Waals surface area contributed by atoms with Crippen molar-refractivity contribution in [3.8, 4) is 11.4 Å². The molecule has 0 saturated heterocycles. The molecule has 0 radical (unpaired) electrons. The van der Waals surface area contributed by atoms with E-state index in [0.717, 1.165) is 10.2 Å². The summed E-state index contributed by atoms with van der Waals surface area (Å²) in [7, 11) is 0. The maximum absolute atomic E-state index is 10.3. The van der Waals surface area contributed by atoms with Gasteiger partial charge in [0.2, 0.25) is 0 Å². The molecule has 1 aromatic carbocycles. The van der Waals surface area contributed by atoms with E-state index in [1.807, 2.05) is 24.3 Å². The van der Waals surface area contributed by atoms with Crippen LogP contribution in [0.5, 0.6) is 5.75 Å². The van der Waals surface area contributed by atoms with E-state index in [1.165, 1.54) is 6.20 Å². The van der Waals surface area contributed by atoms with Gasteiger partial charge < -0.3 is 9.84 Å². The molecule has 0 aliphatic rings. The molecule has 1 heterocycles. The molecule has 0 spiro atoms. The van der Waals surface area contributed by atoms with Crippen LogP contribution in [-0.4, -0.2) is 27.5 Å². The molecular weight excluding hydrogens is 288 g/mol. The van der Waals surface area contributed by atoms with Crippen molar-refractivity contribution in [3.05, 3.63) is 41.1 Å². The number of ether oxygens (including phenoxy) is 1. The molecule has 0 bridgehead atoms. The molecule has 2 rings (SSSR count). The summed E-state index contributed by atoms with van der Waals surface area (Å²) < 4.78 is 7.56. The van der Waals surface area contributed by atoms with Crippen LogP contribution in [0.25, 0.3) is 5.69 Å². The van der Waals surface area contributed by atoms with Gasteiger partial charge in [0, 0.05) is 4.47 Å². The number of benzene rings is 1. The van der Waals surface area contributed by atoms with Crippen LogP contribution in [0, 0.1) is 0 Å². The highest BCUT2D eigenvalue weighted by molar-refractivity contribution is 9.10. The Hall–Kier alpha value is -1.82. The van der Waals surface area contributed by atoms with Gasteiger partial charge >= 0.3 is 5.97 Å². The lowest BCUT2D eigenvalue weighted by Gasteiger charge is -2.01. The van der Waals surface area contributed by atoms with Crippen LogP contribution < -0.4 is 4.74 Å². The second kappa shape index (κ2) is 5.01. The number of hydrogen-bond acceptors (Lipinski definition) is 3. The fraction of sp³-hybridized carbons (Fsp3) is 0.0909. The van der Waals surface area contributed by atoms with E-state index in [0.29, 0.717) is 5.75 Å². The van der Waals surface area contributed by atoms with Crippen molar-refractivity contribution in [1.82, 2.24) is 9.78 Å². The molecule has 88 valence electrons. The maximum Gasteiger partial charge on any atom is 0.341 e. The van der Waals surface area contributed by atoms with Crippen LogP contribution in [0.4, 0.5) is 0 Å². The molecule has 0 atom stereocenters. The van der Waals surface area contributed by atoms with Crippen molar-refractivity contribution in [2.45, 2.75) is 0 Å². The molecule has 5 nitrogen and oxygen atoms in total. The first-order valence-electron chi connectivity index (χ1n) is 4.80. The number of hydrogen-bond donors (Lipinski definition) is 1. The molecule has 6 heteroatoms. The van der Waals surface area contributed by atoms with Crippen molar-refractivity contribution >= 4 is 21.9 Å². The number of halogens is 1. The monoisotopic (exact) mass is 296 g/mol. The highest BCUT2D eigenvalue weighted by atomic mass is 79.9. The normalized spacial score (nSPS) is 10.2. The van der Waals surface area contributed by atoms with Crippen LogP contribution in [0.1, 0.15) is 0 Å². The van der Waals surface area contributed by atoms with Crippen molar-refractivity contribution in [1.29, 1.82) is 0 Å². The summed E-state index contributed by atoms with van der Waals surface area (Å²) in [5.41, 5.74) is 0.865. The lowest BCUT2D eigenvalue weighted by atomic mass is 10.3. The third-order valence-corrected chi connectivity index (χ3v) is 2.49. The Balaban J connectivity index is 2.15. The molecule has 1 aromatic heterocycles. The second-order valence-electron chi connectivity index (χ2n) is 3.28. The molecule has 0 aliphatic carbocycles. The molecule has 0 saturated carbocycles. The van der Waals surface area contributed by atoms with Crippen molar-refractivity contribution in [2.75, 3.05) is 6.61 Å². The highest BCUT2D eigenvalue weighted by Crippen LogP contribution is 2.17. The molecule has 0 amide bonds. The van der Waals surface area contributed by atoms with Gasteiger partial charge in [-0.05, 0) is 18.2 Å². The first kappa shape index (κ1) is 11.7. The minimum atomic E-state index is -1.01. The average Bonchev–Trinajstić information content (AvgIpc) is 2.75. The van der Waals surface area contributed by atoms with Crippen LogP contribution >= 0.6 is 15.9 Å². The number of aliphatic carboxylic acids is 1. The summed E-state index contributed by atoms with van der Waals surface area (Å²) in [5, 5.41) is 12.6. The average molecular weight is 297 g/mol. The first-order chi connectivity index (χ1) is 8.15. The SMILES string of the molecule is O=C(O)COc1cnn(-c2cccc(Br)c2)c1. The van der Waals surface area contributed by atoms with Crippen LogP contribution in [0.15, 0.2) is 41.1 Å². The number of carboxylic acids is 1. The van der Waals surface area contributed by atoms with Crippen LogP contribution in [0.3, 0.4) is 0 Å². The molecule has 17 heavy (non-hydrogen) atoms. The second-order valence-corrected chi connectivity index (χ2v) is 4.20. The minimum Gasteiger partial charge on any atom is -0.479 e. The first-order valence-corrected chi connectivity index (χ1v) is 5.59. The van der Waals surface area contributed by atoms with Crippen LogP contribution in [0.2, 0.25) is 0 Å². The Bertz CT molecular complexity index is 539. The van der Waals surface area contributed by atoms with Gasteiger partial charge in [0.25, 0.3) is 0 Å². The Labute approximate surface area is 106 Å². The topological polar surface area (TPSA) is 64.3 Å². The number of rotatable bonds is 4. The van der Waals surface area contributed by atoms with Gasteiger partial charge in [0.15, 0.2) is 12.4 Å². The molecule has 0 unspecified atom stereocenters. The zero-order valence-corrected chi connectivity index (χ0v) is 10.3. The van der Waals surface area contributed by atoms with Gasteiger partial charge in [-0.15, -0.1) is 0 Å². The minimum absolute atomic E-state index is 0.371. The lowest BCUT2D eigenvalue weighted by molar-refractivity contribution is -0.139. The quantitative estimate of drug-likeness (QED) is 0.938. The van der Waals surface area contributed by atoms with Gasteiger partial charge in [-0.25, -0.2) is 9.48 Å². The number of carbonyl (C=O) groups is 1. The van der Waals surface area contributed by atoms with E-state index in [1.54, 1.807) is 10.9 Å². The molecule has 2 aromatic rings. The third-order valence-electron chi connectivity index (χ3n) is 1.99. The molecule has 0 fully saturated rings. The Kier molecular flexibility index (Phi) is 3.43. The Morgan fingerprint density at radius 2 is 2.35 bits per heavy atom. The largest absolute Gasteiger partial charge is 0.479 e. The van der Waals surface area contributed by atoms with E-state index in [2.05, 4.69) is 21.0 Å². The van der Waals surface area contributed by atoms with E-state index in [9.17, 15) is 4.79 Å². The lowest BCUT2D eigenvalue weighted by Crippen LogP contribution is -2.08. The van der Waals surface area contributed by atoms with Crippen molar-refractivity contribution in [2.24, 2.45) is 0 Å². The maximum atomic E-state index is 10.3. The Morgan fingerprint density at radius 3 is 3.06 bits per heavy atom. The number of nitrogens with zero attached hydrogens (tertiary/aromatic N) is 2. The standard InChI is InChI=1S/C11H9BrN2O3/c12-8-2-1-3-9(4-8)14-6-10(5-13-14)17-7-11(15)16/h1-6H,7H2,(H,15,16). The molecule has 0 aliphatic heterocycles.